The molecule has 8 heteroatoms. The minimum absolute atomic E-state index is 0.0330. The Morgan fingerprint density at radius 2 is 2.05 bits per heavy atom. The summed E-state index contributed by atoms with van der Waals surface area (Å²) in [6.07, 6.45) is -1.95. The Balaban J connectivity index is 2.10. The lowest BCUT2D eigenvalue weighted by Gasteiger charge is -2.01. The summed E-state index contributed by atoms with van der Waals surface area (Å²) in [5, 5.41) is 3.61. The zero-order valence-electron chi connectivity index (χ0n) is 11.3. The van der Waals surface area contributed by atoms with Crippen molar-refractivity contribution < 1.29 is 17.6 Å². The molecule has 5 nitrogen and oxygen atoms in total. The van der Waals surface area contributed by atoms with Crippen LogP contribution in [0, 0.1) is 13.8 Å². The van der Waals surface area contributed by atoms with Crippen molar-refractivity contribution in [2.45, 2.75) is 26.6 Å². The summed E-state index contributed by atoms with van der Waals surface area (Å²) in [4.78, 5) is 7.89. The maximum absolute atomic E-state index is 13.0. The number of aromatic nitrogens is 4. The van der Waals surface area contributed by atoms with Gasteiger partial charge in [0.2, 0.25) is 5.89 Å². The summed E-state index contributed by atoms with van der Waals surface area (Å²) < 4.78 is 45.6. The number of aryl methyl sites for hydroxylation is 2. The first-order valence-electron chi connectivity index (χ1n) is 6.17. The van der Waals surface area contributed by atoms with E-state index in [1.165, 1.54) is 16.9 Å². The van der Waals surface area contributed by atoms with Crippen molar-refractivity contribution in [3.05, 3.63) is 41.5 Å². The van der Waals surface area contributed by atoms with Gasteiger partial charge in [0, 0.05) is 12.4 Å². The van der Waals surface area contributed by atoms with Crippen LogP contribution < -0.4 is 0 Å². The Kier molecular flexibility index (Phi) is 2.96. The van der Waals surface area contributed by atoms with Crippen LogP contribution in [-0.2, 0) is 12.7 Å². The fraction of sp³-hybridized carbons (Fsp3) is 0.308. The quantitative estimate of drug-likeness (QED) is 0.729. The number of hydrogen-bond donors (Lipinski definition) is 0. The van der Waals surface area contributed by atoms with Crippen molar-refractivity contribution in [2.75, 3.05) is 0 Å². The lowest BCUT2D eigenvalue weighted by molar-refractivity contribution is -0.140. The van der Waals surface area contributed by atoms with E-state index in [0.29, 0.717) is 22.9 Å². The average molecular weight is 296 g/mol. The second-order valence-corrected chi connectivity index (χ2v) is 4.65. The van der Waals surface area contributed by atoms with Gasteiger partial charge in [-0.3, -0.25) is 9.67 Å². The summed E-state index contributed by atoms with van der Waals surface area (Å²) >= 11 is 0. The highest BCUT2D eigenvalue weighted by Gasteiger charge is 2.37. The molecule has 3 aromatic heterocycles. The summed E-state index contributed by atoms with van der Waals surface area (Å²) in [6, 6.07) is 1.49. The molecule has 0 unspecified atom stereocenters. The number of hydrogen-bond acceptors (Lipinski definition) is 4. The van der Waals surface area contributed by atoms with Crippen molar-refractivity contribution in [1.82, 2.24) is 19.7 Å². The van der Waals surface area contributed by atoms with Gasteiger partial charge in [0.05, 0.1) is 16.6 Å². The van der Waals surface area contributed by atoms with Crippen LogP contribution in [0.3, 0.4) is 0 Å². The van der Waals surface area contributed by atoms with Gasteiger partial charge in [-0.25, -0.2) is 4.98 Å². The predicted octanol–water partition coefficient (Wildman–Crippen LogP) is 3.10. The molecule has 3 aromatic rings. The van der Waals surface area contributed by atoms with Crippen molar-refractivity contribution in [3.8, 4) is 0 Å². The maximum atomic E-state index is 13.0. The van der Waals surface area contributed by atoms with Crippen LogP contribution in [0.15, 0.2) is 22.9 Å². The summed E-state index contributed by atoms with van der Waals surface area (Å²) in [5.74, 6) is 0.958. The maximum Gasteiger partial charge on any atom is 0.435 e. The molecule has 110 valence electrons. The van der Waals surface area contributed by atoms with Crippen LogP contribution in [0.2, 0.25) is 0 Å². The number of fused-ring (bicyclic) bond motifs is 1. The molecule has 21 heavy (non-hydrogen) atoms. The summed E-state index contributed by atoms with van der Waals surface area (Å²) in [5.41, 5.74) is 0.0932. The van der Waals surface area contributed by atoms with Crippen molar-refractivity contribution in [2.24, 2.45) is 0 Å². The zero-order valence-corrected chi connectivity index (χ0v) is 11.3. The molecule has 0 saturated carbocycles. The summed E-state index contributed by atoms with van der Waals surface area (Å²) in [6.45, 7) is 3.55. The number of alkyl halides is 3. The largest absolute Gasteiger partial charge is 0.444 e. The molecule has 0 fully saturated rings. The molecular formula is C13H11F3N4O. The van der Waals surface area contributed by atoms with Gasteiger partial charge in [-0.1, -0.05) is 0 Å². The monoisotopic (exact) mass is 296 g/mol. The standard InChI is InChI=1S/C13H11F3N4O/c1-7-8(2)21-11(18-7)6-20-10-3-4-17-5-9(10)12(19-20)13(14,15)16/h3-5H,6H2,1-2H3. The third-order valence-corrected chi connectivity index (χ3v) is 3.18. The number of pyridine rings is 1. The van der Waals surface area contributed by atoms with Gasteiger partial charge in [0.25, 0.3) is 0 Å². The molecule has 3 heterocycles. The van der Waals surface area contributed by atoms with E-state index in [0.717, 1.165) is 6.20 Å². The highest BCUT2D eigenvalue weighted by Crippen LogP contribution is 2.33. The number of rotatable bonds is 2. The molecule has 0 bridgehead atoms. The molecule has 0 atom stereocenters. The van der Waals surface area contributed by atoms with Crippen molar-refractivity contribution in [1.29, 1.82) is 0 Å². The first-order chi connectivity index (χ1) is 9.86. The Labute approximate surface area is 117 Å². The van der Waals surface area contributed by atoms with E-state index in [-0.39, 0.29) is 11.9 Å². The zero-order chi connectivity index (χ0) is 15.2. The molecule has 0 aliphatic carbocycles. The first kappa shape index (κ1) is 13.6. The molecule has 0 radical (unpaired) electrons. The predicted molar refractivity (Wildman–Crippen MR) is 67.6 cm³/mol. The molecule has 0 amide bonds. The van der Waals surface area contributed by atoms with E-state index in [2.05, 4.69) is 15.1 Å². The fourth-order valence-electron chi connectivity index (χ4n) is 2.09. The molecular weight excluding hydrogens is 285 g/mol. The smallest absolute Gasteiger partial charge is 0.435 e. The van der Waals surface area contributed by atoms with Gasteiger partial charge in [0.1, 0.15) is 12.3 Å². The normalized spacial score (nSPS) is 12.2. The Morgan fingerprint density at radius 1 is 1.29 bits per heavy atom. The summed E-state index contributed by atoms with van der Waals surface area (Å²) in [7, 11) is 0. The van der Waals surface area contributed by atoms with Gasteiger partial charge in [0.15, 0.2) is 5.69 Å². The van der Waals surface area contributed by atoms with Crippen LogP contribution in [0.5, 0.6) is 0 Å². The second-order valence-electron chi connectivity index (χ2n) is 4.65. The molecule has 0 aromatic carbocycles. The molecule has 0 spiro atoms. The van der Waals surface area contributed by atoms with E-state index < -0.39 is 11.9 Å². The van der Waals surface area contributed by atoms with E-state index >= 15 is 0 Å². The average Bonchev–Trinajstić information content (AvgIpc) is 2.92. The van der Waals surface area contributed by atoms with Gasteiger partial charge < -0.3 is 4.42 Å². The first-order valence-corrected chi connectivity index (χ1v) is 6.17. The number of halogens is 3. The van der Waals surface area contributed by atoms with Crippen molar-refractivity contribution >= 4 is 10.9 Å². The SMILES string of the molecule is Cc1nc(Cn2nc(C(F)(F)F)c3cnccc32)oc1C. The van der Waals surface area contributed by atoms with Crippen LogP contribution in [0.25, 0.3) is 10.9 Å². The minimum atomic E-state index is -4.53. The third kappa shape index (κ3) is 2.37. The van der Waals surface area contributed by atoms with E-state index in [1.54, 1.807) is 13.8 Å². The molecule has 0 saturated heterocycles. The Hall–Kier alpha value is -2.38. The van der Waals surface area contributed by atoms with Gasteiger partial charge >= 0.3 is 6.18 Å². The fourth-order valence-corrected chi connectivity index (χ4v) is 2.09. The van der Waals surface area contributed by atoms with Gasteiger partial charge in [-0.2, -0.15) is 18.3 Å². The van der Waals surface area contributed by atoms with Crippen LogP contribution in [-0.4, -0.2) is 19.7 Å². The van der Waals surface area contributed by atoms with E-state index in [4.69, 9.17) is 4.42 Å². The minimum Gasteiger partial charge on any atom is -0.444 e. The van der Waals surface area contributed by atoms with Crippen LogP contribution >= 0.6 is 0 Å². The van der Waals surface area contributed by atoms with E-state index in [9.17, 15) is 13.2 Å². The van der Waals surface area contributed by atoms with Crippen molar-refractivity contribution in [3.63, 3.8) is 0 Å². The highest BCUT2D eigenvalue weighted by molar-refractivity contribution is 5.81. The molecule has 0 N–H and O–H groups in total. The van der Waals surface area contributed by atoms with Crippen LogP contribution in [0.4, 0.5) is 13.2 Å². The number of nitrogens with zero attached hydrogens (tertiary/aromatic N) is 4. The second kappa shape index (κ2) is 4.57. The van der Waals surface area contributed by atoms with Gasteiger partial charge in [-0.05, 0) is 19.9 Å². The Bertz CT molecular complexity index is 784. The van der Waals surface area contributed by atoms with E-state index in [1.807, 2.05) is 0 Å². The third-order valence-electron chi connectivity index (χ3n) is 3.18. The lowest BCUT2D eigenvalue weighted by atomic mass is 10.2. The number of oxazole rings is 1. The lowest BCUT2D eigenvalue weighted by Crippen LogP contribution is -2.09. The van der Waals surface area contributed by atoms with Gasteiger partial charge in [-0.15, -0.1) is 0 Å². The Morgan fingerprint density at radius 3 is 2.67 bits per heavy atom. The topological polar surface area (TPSA) is 56.7 Å². The van der Waals surface area contributed by atoms with Crippen LogP contribution in [0.1, 0.15) is 23.0 Å². The highest BCUT2D eigenvalue weighted by atomic mass is 19.4. The molecule has 3 rings (SSSR count). The molecule has 0 aliphatic rings. The molecule has 0 aliphatic heterocycles.